The Balaban J connectivity index is 1.85. The van der Waals surface area contributed by atoms with Crippen LogP contribution in [0.4, 0.5) is 0 Å². The van der Waals surface area contributed by atoms with E-state index in [1.165, 1.54) is 7.11 Å². The van der Waals surface area contributed by atoms with E-state index in [1.54, 1.807) is 23.1 Å². The van der Waals surface area contributed by atoms with E-state index in [0.717, 1.165) is 31.2 Å². The number of nitrogens with zero attached hydrogens (tertiary/aromatic N) is 1. The number of methoxy groups -OCH3 is 1. The van der Waals surface area contributed by atoms with Gasteiger partial charge in [0.25, 0.3) is 0 Å². The number of nitrogens with two attached hydrogens (primary N) is 1. The number of esters is 1. The third kappa shape index (κ3) is 8.82. The molecule has 0 spiro atoms. The summed E-state index contributed by atoms with van der Waals surface area (Å²) in [6, 6.07) is 4.57. The quantitative estimate of drug-likeness (QED) is 0.197. The minimum atomic E-state index is -0.608. The molecular weight excluding hydrogens is 434 g/mol. The van der Waals surface area contributed by atoms with Gasteiger partial charge in [0.05, 0.1) is 7.11 Å². The number of allylic oxidation sites excluding steroid dienone is 2. The molecule has 0 unspecified atom stereocenters. The number of rotatable bonds is 13. The zero-order chi connectivity index (χ0) is 24.9. The molecule has 188 valence electrons. The molecule has 8 heteroatoms. The van der Waals surface area contributed by atoms with Gasteiger partial charge in [-0.3, -0.25) is 9.59 Å². The number of likely N-dealkylation sites (tertiary alicyclic amines) is 1. The fourth-order valence-corrected chi connectivity index (χ4v) is 3.87. The third-order valence-corrected chi connectivity index (χ3v) is 5.68. The van der Waals surface area contributed by atoms with Gasteiger partial charge in [-0.2, -0.15) is 0 Å². The first-order chi connectivity index (χ1) is 16.3. The van der Waals surface area contributed by atoms with Crippen LogP contribution in [0.1, 0.15) is 64.4 Å². The van der Waals surface area contributed by atoms with Gasteiger partial charge in [-0.1, -0.05) is 32.1 Å². The minimum Gasteiger partial charge on any atom is -0.493 e. The molecule has 3 N–H and O–H groups in total. The van der Waals surface area contributed by atoms with Crippen LogP contribution in [0.3, 0.4) is 0 Å². The zero-order valence-corrected chi connectivity index (χ0v) is 20.7. The highest BCUT2D eigenvalue weighted by Gasteiger charge is 2.35. The first-order valence-corrected chi connectivity index (χ1v) is 12.2. The van der Waals surface area contributed by atoms with Gasteiger partial charge in [0, 0.05) is 32.5 Å². The molecule has 1 fully saturated rings. The van der Waals surface area contributed by atoms with Crippen molar-refractivity contribution in [3.8, 4) is 11.5 Å². The molecule has 0 aliphatic carbocycles. The van der Waals surface area contributed by atoms with Crippen LogP contribution in [0.5, 0.6) is 11.5 Å². The maximum Gasteiger partial charge on any atom is 0.334 e. The van der Waals surface area contributed by atoms with Crippen LogP contribution in [-0.4, -0.2) is 48.9 Å². The van der Waals surface area contributed by atoms with Gasteiger partial charge in [-0.05, 0) is 55.7 Å². The maximum absolute atomic E-state index is 12.7. The number of carbonyl (C=O) groups excluding carboxylic acids is 3. The lowest BCUT2D eigenvalue weighted by Crippen LogP contribution is -2.43. The second-order valence-corrected chi connectivity index (χ2v) is 8.88. The number of unbranched alkanes of at least 4 members (excludes halogenated alkanes) is 2. The summed E-state index contributed by atoms with van der Waals surface area (Å²) >= 11 is 0. The van der Waals surface area contributed by atoms with E-state index in [-0.39, 0.29) is 30.5 Å². The summed E-state index contributed by atoms with van der Waals surface area (Å²) in [6.07, 6.45) is 9.19. The predicted octanol–water partition coefficient (Wildman–Crippen LogP) is 3.33. The van der Waals surface area contributed by atoms with Crippen molar-refractivity contribution in [2.45, 2.75) is 71.4 Å². The van der Waals surface area contributed by atoms with Crippen molar-refractivity contribution in [1.29, 1.82) is 0 Å². The monoisotopic (exact) mass is 473 g/mol. The van der Waals surface area contributed by atoms with E-state index in [0.29, 0.717) is 37.6 Å². The highest BCUT2D eigenvalue weighted by molar-refractivity contribution is 5.86. The van der Waals surface area contributed by atoms with Gasteiger partial charge < -0.3 is 25.4 Å². The number of amides is 2. The van der Waals surface area contributed by atoms with Gasteiger partial charge in [0.15, 0.2) is 11.5 Å². The second kappa shape index (κ2) is 14.4. The number of ether oxygens (including phenoxy) is 2. The lowest BCUT2D eigenvalue weighted by atomic mass is 10.1. The Labute approximate surface area is 202 Å². The van der Waals surface area contributed by atoms with Gasteiger partial charge in [-0.15, -0.1) is 0 Å². The van der Waals surface area contributed by atoms with E-state index in [2.05, 4.69) is 31.3 Å². The van der Waals surface area contributed by atoms with Gasteiger partial charge in [0.2, 0.25) is 11.8 Å². The fourth-order valence-electron chi connectivity index (χ4n) is 3.87. The Hall–Kier alpha value is -2.87. The molecule has 2 rings (SSSR count). The molecule has 0 aromatic heterocycles. The second-order valence-electron chi connectivity index (χ2n) is 8.88. The van der Waals surface area contributed by atoms with E-state index >= 15 is 0 Å². The molecule has 1 heterocycles. The van der Waals surface area contributed by atoms with E-state index in [1.807, 2.05) is 0 Å². The molecule has 34 heavy (non-hydrogen) atoms. The van der Waals surface area contributed by atoms with E-state index in [9.17, 15) is 14.4 Å². The Kier molecular flexibility index (Phi) is 11.6. The van der Waals surface area contributed by atoms with Crippen molar-refractivity contribution >= 4 is 17.8 Å². The molecule has 1 aromatic carbocycles. The standard InChI is InChI=1S/C26H39N3O5/c1-19(2)9-6-4-5-7-11-24(30)28-18-20-12-13-22(23(17-20)33-3)34-26(32)21-10-8-16-29(21)25(31)14-15-27/h6,9,12-13,17,19,21H,4-5,7-8,10-11,14-16,18,27H2,1-3H3,(H,28,30)/b9-6+/t21-/m1/s1. The van der Waals surface area contributed by atoms with Crippen LogP contribution >= 0.6 is 0 Å². The number of nitrogens with one attached hydrogen (secondary N) is 1. The van der Waals surface area contributed by atoms with Crippen molar-refractivity contribution in [1.82, 2.24) is 10.2 Å². The van der Waals surface area contributed by atoms with Crippen molar-refractivity contribution in [2.24, 2.45) is 11.7 Å². The van der Waals surface area contributed by atoms with Crippen LogP contribution in [-0.2, 0) is 20.9 Å². The van der Waals surface area contributed by atoms with Crippen LogP contribution in [0.2, 0.25) is 0 Å². The first-order valence-electron chi connectivity index (χ1n) is 12.2. The summed E-state index contributed by atoms with van der Waals surface area (Å²) in [5, 5.41) is 2.92. The van der Waals surface area contributed by atoms with Crippen LogP contribution < -0.4 is 20.5 Å². The number of hydrogen-bond acceptors (Lipinski definition) is 6. The number of hydrogen-bond donors (Lipinski definition) is 2. The number of benzene rings is 1. The maximum atomic E-state index is 12.7. The van der Waals surface area contributed by atoms with E-state index < -0.39 is 12.0 Å². The average Bonchev–Trinajstić information content (AvgIpc) is 3.31. The minimum absolute atomic E-state index is 0.00535. The Bertz CT molecular complexity index is 853. The summed E-state index contributed by atoms with van der Waals surface area (Å²) in [5.74, 6) is 0.631. The summed E-state index contributed by atoms with van der Waals surface area (Å²) in [7, 11) is 1.50. The molecule has 2 amide bonds. The molecule has 1 aliphatic heterocycles. The normalized spacial score (nSPS) is 15.7. The highest BCUT2D eigenvalue weighted by Crippen LogP contribution is 2.30. The summed E-state index contributed by atoms with van der Waals surface area (Å²) in [5.41, 5.74) is 6.32. The zero-order valence-electron chi connectivity index (χ0n) is 20.7. The van der Waals surface area contributed by atoms with E-state index in [4.69, 9.17) is 15.2 Å². The molecule has 0 radical (unpaired) electrons. The molecular formula is C26H39N3O5. The summed E-state index contributed by atoms with van der Waals surface area (Å²) in [6.45, 7) is 5.43. The SMILES string of the molecule is COc1cc(CNC(=O)CCCC/C=C/C(C)C)ccc1OC(=O)[C@H]1CCCN1C(=O)CCN. The summed E-state index contributed by atoms with van der Waals surface area (Å²) in [4.78, 5) is 38.6. The Morgan fingerprint density at radius 1 is 1.21 bits per heavy atom. The van der Waals surface area contributed by atoms with Crippen molar-refractivity contribution < 1.29 is 23.9 Å². The van der Waals surface area contributed by atoms with Crippen LogP contribution in [0.25, 0.3) is 0 Å². The molecule has 8 nitrogen and oxygen atoms in total. The van der Waals surface area contributed by atoms with Crippen LogP contribution in [0.15, 0.2) is 30.4 Å². The molecule has 1 aromatic rings. The van der Waals surface area contributed by atoms with Gasteiger partial charge in [-0.25, -0.2) is 4.79 Å². The van der Waals surface area contributed by atoms with Crippen molar-refractivity contribution in [2.75, 3.05) is 20.2 Å². The fraction of sp³-hybridized carbons (Fsp3) is 0.577. The molecule has 1 atom stereocenters. The molecule has 1 saturated heterocycles. The largest absolute Gasteiger partial charge is 0.493 e. The Morgan fingerprint density at radius 2 is 2.00 bits per heavy atom. The van der Waals surface area contributed by atoms with Gasteiger partial charge >= 0.3 is 5.97 Å². The van der Waals surface area contributed by atoms with Crippen molar-refractivity contribution in [3.05, 3.63) is 35.9 Å². The first kappa shape index (κ1) is 27.4. The molecule has 1 aliphatic rings. The molecule has 0 saturated carbocycles. The lowest BCUT2D eigenvalue weighted by Gasteiger charge is -2.23. The smallest absolute Gasteiger partial charge is 0.334 e. The number of carbonyl (C=O) groups is 3. The topological polar surface area (TPSA) is 111 Å². The predicted molar refractivity (Wildman–Crippen MR) is 131 cm³/mol. The van der Waals surface area contributed by atoms with Gasteiger partial charge in [0.1, 0.15) is 6.04 Å². The highest BCUT2D eigenvalue weighted by atomic mass is 16.6. The Morgan fingerprint density at radius 3 is 2.71 bits per heavy atom. The van der Waals surface area contributed by atoms with Crippen LogP contribution in [0, 0.1) is 5.92 Å². The average molecular weight is 474 g/mol. The third-order valence-electron chi connectivity index (χ3n) is 5.68. The van der Waals surface area contributed by atoms with Crippen molar-refractivity contribution in [3.63, 3.8) is 0 Å². The summed E-state index contributed by atoms with van der Waals surface area (Å²) < 4.78 is 11.0. The lowest BCUT2D eigenvalue weighted by molar-refractivity contribution is -0.146. The molecule has 0 bridgehead atoms.